The normalized spacial score (nSPS) is 11.4. The molecule has 35 heavy (non-hydrogen) atoms. The first-order valence-electron chi connectivity index (χ1n) is 9.98. The van der Waals surface area contributed by atoms with Crippen LogP contribution in [0.25, 0.3) is 33.7 Å². The summed E-state index contributed by atoms with van der Waals surface area (Å²) in [5, 5.41) is 8.15. The van der Waals surface area contributed by atoms with Crippen molar-refractivity contribution in [2.75, 3.05) is 17.5 Å². The highest BCUT2D eigenvalue weighted by Gasteiger charge is 2.18. The molecule has 0 aliphatic heterocycles. The minimum atomic E-state index is -0.604. The summed E-state index contributed by atoms with van der Waals surface area (Å²) in [5.74, 6) is 0.197. The van der Waals surface area contributed by atoms with Crippen molar-refractivity contribution in [3.05, 3.63) is 51.3 Å². The van der Waals surface area contributed by atoms with Crippen LogP contribution < -0.4 is 26.3 Å². The number of methoxy groups -OCH3 is 1. The molecule has 0 spiro atoms. The van der Waals surface area contributed by atoms with Crippen molar-refractivity contribution < 1.29 is 9.53 Å². The summed E-state index contributed by atoms with van der Waals surface area (Å²) in [5.41, 5.74) is 2.61. The lowest BCUT2D eigenvalue weighted by Crippen LogP contribution is -2.26. The fourth-order valence-electron chi connectivity index (χ4n) is 3.15. The van der Waals surface area contributed by atoms with E-state index in [0.29, 0.717) is 17.1 Å². The van der Waals surface area contributed by atoms with Crippen LogP contribution >= 0.6 is 0 Å². The zero-order chi connectivity index (χ0) is 24.5. The standard InChI is InChI=1S/C19H16N12O4/c1-8(32)31(30-29-28-18-24-14-11(16(33)26-18)20-7-21-14)19-25-15-12(17(34)27-19)22-13(23-15)9-3-5-10(35-2)6-4-9/h3-7H,1-2H3,(H2,22,23,25,27,34)(H3,20,21,24,26,28,30,33). The molecular weight excluding hydrogens is 460 g/mol. The molecule has 0 bridgehead atoms. The van der Waals surface area contributed by atoms with Gasteiger partial charge in [0.25, 0.3) is 11.1 Å². The van der Waals surface area contributed by atoms with Gasteiger partial charge in [-0.1, -0.05) is 0 Å². The molecule has 5 N–H and O–H groups in total. The molecule has 0 radical (unpaired) electrons. The molecule has 16 nitrogen and oxygen atoms in total. The number of nitrogens with zero attached hydrogens (tertiary/aromatic N) is 7. The SMILES string of the molecule is COc1ccc(-c2nc3nc(N(N=NNc4nc5nc[nH]c5c(=O)[nH]4)C(C)=O)[nH]c(=O)c3[nH]2)cc1. The maximum atomic E-state index is 12.6. The molecule has 4 heterocycles. The smallest absolute Gasteiger partial charge is 0.278 e. The fourth-order valence-corrected chi connectivity index (χ4v) is 3.15. The van der Waals surface area contributed by atoms with Gasteiger partial charge in [0.2, 0.25) is 17.8 Å². The van der Waals surface area contributed by atoms with Gasteiger partial charge in [-0.3, -0.25) is 24.4 Å². The Hall–Kier alpha value is -5.41. The third kappa shape index (κ3) is 4.06. The van der Waals surface area contributed by atoms with E-state index in [2.05, 4.69) is 55.7 Å². The molecule has 0 saturated carbocycles. The predicted molar refractivity (Wildman–Crippen MR) is 123 cm³/mol. The molecule has 0 unspecified atom stereocenters. The van der Waals surface area contributed by atoms with Crippen molar-refractivity contribution in [3.63, 3.8) is 0 Å². The van der Waals surface area contributed by atoms with E-state index in [0.717, 1.165) is 5.01 Å². The number of fused-ring (bicyclic) bond motifs is 2. The number of rotatable bonds is 6. The van der Waals surface area contributed by atoms with Crippen molar-refractivity contribution >= 4 is 40.1 Å². The fraction of sp³-hybridized carbons (Fsp3) is 0.105. The van der Waals surface area contributed by atoms with E-state index in [4.69, 9.17) is 4.74 Å². The number of ether oxygens (including phenoxy) is 1. The number of benzene rings is 1. The number of aromatic nitrogens is 8. The molecule has 0 aliphatic carbocycles. The van der Waals surface area contributed by atoms with Gasteiger partial charge in [-0.25, -0.2) is 15.4 Å². The van der Waals surface area contributed by atoms with Crippen LogP contribution in [-0.2, 0) is 4.79 Å². The number of hydrogen-bond acceptors (Lipinski definition) is 10. The quantitative estimate of drug-likeness (QED) is 0.174. The highest BCUT2D eigenvalue weighted by Crippen LogP contribution is 2.22. The summed E-state index contributed by atoms with van der Waals surface area (Å²) < 4.78 is 5.14. The summed E-state index contributed by atoms with van der Waals surface area (Å²) in [7, 11) is 1.56. The zero-order valence-electron chi connectivity index (χ0n) is 18.2. The molecule has 1 aromatic carbocycles. The van der Waals surface area contributed by atoms with Crippen LogP contribution in [-0.4, -0.2) is 52.9 Å². The Bertz CT molecular complexity index is 1700. The number of carbonyl (C=O) groups excluding carboxylic acids is 1. The van der Waals surface area contributed by atoms with Gasteiger partial charge in [0.1, 0.15) is 11.6 Å². The maximum absolute atomic E-state index is 12.6. The molecule has 176 valence electrons. The van der Waals surface area contributed by atoms with E-state index in [1.807, 2.05) is 0 Å². The Kier molecular flexibility index (Phi) is 5.21. The van der Waals surface area contributed by atoms with Gasteiger partial charge in [0.05, 0.1) is 13.4 Å². The number of nitrogens with one attached hydrogen (secondary N) is 5. The molecular formula is C19H16N12O4. The van der Waals surface area contributed by atoms with E-state index < -0.39 is 17.0 Å². The molecule has 1 amide bonds. The molecule has 16 heteroatoms. The second-order valence-electron chi connectivity index (χ2n) is 7.05. The van der Waals surface area contributed by atoms with Crippen LogP contribution in [0.2, 0.25) is 0 Å². The first-order chi connectivity index (χ1) is 16.9. The van der Waals surface area contributed by atoms with E-state index >= 15 is 0 Å². The number of amides is 1. The van der Waals surface area contributed by atoms with Crippen LogP contribution in [0.15, 0.2) is 50.6 Å². The molecule has 0 fully saturated rings. The average molecular weight is 476 g/mol. The van der Waals surface area contributed by atoms with Crippen molar-refractivity contribution in [1.29, 1.82) is 0 Å². The number of hydrogen-bond donors (Lipinski definition) is 5. The van der Waals surface area contributed by atoms with Gasteiger partial charge >= 0.3 is 0 Å². The van der Waals surface area contributed by atoms with E-state index in [-0.39, 0.29) is 34.2 Å². The molecule has 0 atom stereocenters. The number of H-pyrrole nitrogens is 4. The average Bonchev–Trinajstić information content (AvgIpc) is 3.49. The number of carbonyl (C=O) groups is 1. The first kappa shape index (κ1) is 21.4. The summed E-state index contributed by atoms with van der Waals surface area (Å²) in [6.45, 7) is 1.20. The Morgan fingerprint density at radius 3 is 2.51 bits per heavy atom. The Labute approximate surface area is 193 Å². The van der Waals surface area contributed by atoms with E-state index in [9.17, 15) is 14.4 Å². The van der Waals surface area contributed by atoms with Crippen LogP contribution in [0.4, 0.5) is 11.9 Å². The van der Waals surface area contributed by atoms with Crippen LogP contribution in [0.5, 0.6) is 5.75 Å². The van der Waals surface area contributed by atoms with Gasteiger partial charge < -0.3 is 14.7 Å². The third-order valence-corrected chi connectivity index (χ3v) is 4.80. The first-order valence-corrected chi connectivity index (χ1v) is 9.98. The molecule has 5 aromatic rings. The number of imidazole rings is 2. The van der Waals surface area contributed by atoms with E-state index in [1.165, 1.54) is 13.3 Å². The summed E-state index contributed by atoms with van der Waals surface area (Å²) in [6.07, 6.45) is 1.32. The lowest BCUT2D eigenvalue weighted by Gasteiger charge is -2.11. The van der Waals surface area contributed by atoms with Crippen molar-refractivity contribution in [3.8, 4) is 17.1 Å². The molecule has 0 saturated heterocycles. The molecule has 4 aromatic heterocycles. The van der Waals surface area contributed by atoms with Crippen LogP contribution in [0.1, 0.15) is 6.92 Å². The van der Waals surface area contributed by atoms with Gasteiger partial charge in [-0.15, -0.1) is 5.01 Å². The minimum absolute atomic E-state index is 0.0600. The predicted octanol–water partition coefficient (Wildman–Crippen LogP) is 1.03. The third-order valence-electron chi connectivity index (χ3n) is 4.80. The Morgan fingerprint density at radius 2 is 1.77 bits per heavy atom. The lowest BCUT2D eigenvalue weighted by molar-refractivity contribution is -0.116. The van der Waals surface area contributed by atoms with Crippen molar-refractivity contribution in [1.82, 2.24) is 39.9 Å². The maximum Gasteiger partial charge on any atom is 0.278 e. The van der Waals surface area contributed by atoms with Gasteiger partial charge in [0, 0.05) is 12.5 Å². The Morgan fingerprint density at radius 1 is 1.00 bits per heavy atom. The minimum Gasteiger partial charge on any atom is -0.497 e. The molecule has 0 aliphatic rings. The second kappa shape index (κ2) is 8.50. The zero-order valence-corrected chi connectivity index (χ0v) is 18.2. The second-order valence-corrected chi connectivity index (χ2v) is 7.05. The largest absolute Gasteiger partial charge is 0.497 e. The monoisotopic (exact) mass is 476 g/mol. The summed E-state index contributed by atoms with van der Waals surface area (Å²) >= 11 is 0. The lowest BCUT2D eigenvalue weighted by atomic mass is 10.2. The van der Waals surface area contributed by atoms with Gasteiger partial charge in [0.15, 0.2) is 22.3 Å². The van der Waals surface area contributed by atoms with Gasteiger partial charge in [-0.2, -0.15) is 9.97 Å². The van der Waals surface area contributed by atoms with Crippen LogP contribution in [0, 0.1) is 0 Å². The van der Waals surface area contributed by atoms with Crippen molar-refractivity contribution in [2.24, 2.45) is 10.4 Å². The topological polar surface area (TPSA) is 215 Å². The highest BCUT2D eigenvalue weighted by atomic mass is 16.5. The highest BCUT2D eigenvalue weighted by molar-refractivity contribution is 5.89. The van der Waals surface area contributed by atoms with Gasteiger partial charge in [-0.05, 0) is 34.7 Å². The summed E-state index contributed by atoms with van der Waals surface area (Å²) in [4.78, 5) is 63.8. The summed E-state index contributed by atoms with van der Waals surface area (Å²) in [6, 6.07) is 7.04. The molecule has 5 rings (SSSR count). The van der Waals surface area contributed by atoms with E-state index in [1.54, 1.807) is 31.4 Å². The van der Waals surface area contributed by atoms with Crippen LogP contribution in [0.3, 0.4) is 0 Å². The van der Waals surface area contributed by atoms with Crippen molar-refractivity contribution in [2.45, 2.75) is 6.92 Å². The number of aromatic amines is 4. The Balaban J connectivity index is 1.44. The number of anilines is 2.